The van der Waals surface area contributed by atoms with Crippen molar-refractivity contribution >= 4 is 27.5 Å². The van der Waals surface area contributed by atoms with E-state index in [2.05, 4.69) is 21.2 Å². The lowest BCUT2D eigenvalue weighted by atomic mass is 10.0. The second-order valence-corrected chi connectivity index (χ2v) is 5.38. The normalized spacial score (nSPS) is 14.0. The molecule has 0 aliphatic carbocycles. The lowest BCUT2D eigenvalue weighted by Gasteiger charge is -2.22. The lowest BCUT2D eigenvalue weighted by Crippen LogP contribution is -2.41. The van der Waals surface area contributed by atoms with Gasteiger partial charge < -0.3 is 15.8 Å². The number of ether oxygens (including phenoxy) is 1. The van der Waals surface area contributed by atoms with Gasteiger partial charge in [-0.3, -0.25) is 4.79 Å². The van der Waals surface area contributed by atoms with E-state index in [0.29, 0.717) is 6.61 Å². The predicted molar refractivity (Wildman–Crippen MR) is 76.5 cm³/mol. The summed E-state index contributed by atoms with van der Waals surface area (Å²) in [5.74, 6) is -0.186. The summed E-state index contributed by atoms with van der Waals surface area (Å²) < 4.78 is 6.15. The first-order chi connectivity index (χ1) is 8.44. The van der Waals surface area contributed by atoms with Crippen molar-refractivity contribution < 1.29 is 9.53 Å². The Morgan fingerprint density at radius 3 is 2.78 bits per heavy atom. The van der Waals surface area contributed by atoms with E-state index in [1.807, 2.05) is 38.1 Å². The van der Waals surface area contributed by atoms with Gasteiger partial charge in [0.05, 0.1) is 12.3 Å². The minimum absolute atomic E-state index is 0.00806. The number of para-hydroxylation sites is 1. The largest absolute Gasteiger partial charge is 0.370 e. The van der Waals surface area contributed by atoms with Crippen LogP contribution in [0.4, 0.5) is 5.69 Å². The molecule has 0 aliphatic heterocycles. The van der Waals surface area contributed by atoms with E-state index >= 15 is 0 Å². The monoisotopic (exact) mass is 314 g/mol. The molecule has 3 N–H and O–H groups in total. The molecule has 0 saturated carbocycles. The molecule has 1 rings (SSSR count). The topological polar surface area (TPSA) is 64.3 Å². The Bertz CT molecular complexity index is 408. The van der Waals surface area contributed by atoms with Crippen LogP contribution in [0.15, 0.2) is 28.7 Å². The molecule has 1 atom stereocenters. The van der Waals surface area contributed by atoms with Crippen LogP contribution in [0.3, 0.4) is 0 Å². The van der Waals surface area contributed by atoms with Crippen LogP contribution in [0, 0.1) is 0 Å². The lowest BCUT2D eigenvalue weighted by molar-refractivity contribution is -0.121. The van der Waals surface area contributed by atoms with Gasteiger partial charge in [-0.25, -0.2) is 0 Å². The summed E-state index contributed by atoms with van der Waals surface area (Å²) in [6.07, 6.45) is 0.804. The van der Waals surface area contributed by atoms with Crippen molar-refractivity contribution in [2.75, 3.05) is 18.5 Å². The van der Waals surface area contributed by atoms with Crippen molar-refractivity contribution in [3.05, 3.63) is 28.7 Å². The minimum atomic E-state index is -0.381. The van der Waals surface area contributed by atoms with Crippen LogP contribution in [0.25, 0.3) is 0 Å². The molecule has 18 heavy (non-hydrogen) atoms. The number of anilines is 1. The van der Waals surface area contributed by atoms with Crippen LogP contribution in [-0.2, 0) is 9.53 Å². The second kappa shape index (κ2) is 6.87. The molecule has 0 heterocycles. The van der Waals surface area contributed by atoms with Crippen LogP contribution in [-0.4, -0.2) is 24.7 Å². The summed E-state index contributed by atoms with van der Waals surface area (Å²) >= 11 is 3.36. The fourth-order valence-corrected chi connectivity index (χ4v) is 1.61. The van der Waals surface area contributed by atoms with E-state index in [4.69, 9.17) is 10.5 Å². The highest BCUT2D eigenvalue weighted by Crippen LogP contribution is 2.20. The molecule has 100 valence electrons. The highest BCUT2D eigenvalue weighted by molar-refractivity contribution is 9.10. The Morgan fingerprint density at radius 1 is 1.50 bits per heavy atom. The first kappa shape index (κ1) is 15.1. The maximum absolute atomic E-state index is 11.6. The SMILES string of the molecule is CCC(C)(N)COCC(=O)Nc1ccccc1Br. The molecule has 1 unspecified atom stereocenters. The second-order valence-electron chi connectivity index (χ2n) is 4.53. The summed E-state index contributed by atoms with van der Waals surface area (Å²) in [5.41, 5.74) is 6.27. The van der Waals surface area contributed by atoms with E-state index in [-0.39, 0.29) is 18.1 Å². The molecule has 0 aromatic heterocycles. The molecule has 0 radical (unpaired) electrons. The summed E-state index contributed by atoms with van der Waals surface area (Å²) in [6, 6.07) is 7.43. The Labute approximate surface area is 116 Å². The number of carbonyl (C=O) groups is 1. The standard InChI is InChI=1S/C13H19BrN2O2/c1-3-13(2,15)9-18-8-12(17)16-11-7-5-4-6-10(11)14/h4-7H,3,8-9,15H2,1-2H3,(H,16,17). The van der Waals surface area contributed by atoms with Crippen molar-refractivity contribution in [1.82, 2.24) is 0 Å². The summed E-state index contributed by atoms with van der Waals surface area (Å²) in [6.45, 7) is 4.27. The molecular formula is C13H19BrN2O2. The molecule has 1 aromatic carbocycles. The van der Waals surface area contributed by atoms with E-state index in [9.17, 15) is 4.79 Å². The molecule has 0 saturated heterocycles. The number of nitrogens with one attached hydrogen (secondary N) is 1. The average Bonchev–Trinajstić information content (AvgIpc) is 2.32. The molecule has 0 bridgehead atoms. The molecule has 0 fully saturated rings. The average molecular weight is 315 g/mol. The highest BCUT2D eigenvalue weighted by atomic mass is 79.9. The fourth-order valence-electron chi connectivity index (χ4n) is 1.23. The third-order valence-corrected chi connectivity index (χ3v) is 3.31. The zero-order valence-corrected chi connectivity index (χ0v) is 12.3. The fraction of sp³-hybridized carbons (Fsp3) is 0.462. The minimum Gasteiger partial charge on any atom is -0.370 e. The van der Waals surface area contributed by atoms with Crippen LogP contribution < -0.4 is 11.1 Å². The summed E-state index contributed by atoms with van der Waals surface area (Å²) in [7, 11) is 0. The third-order valence-electron chi connectivity index (χ3n) is 2.62. The van der Waals surface area contributed by atoms with Gasteiger partial charge in [0.1, 0.15) is 6.61 Å². The predicted octanol–water partition coefficient (Wildman–Crippen LogP) is 2.53. The van der Waals surface area contributed by atoms with E-state index in [0.717, 1.165) is 16.6 Å². The van der Waals surface area contributed by atoms with Gasteiger partial charge in [0.2, 0.25) is 5.91 Å². The number of carbonyl (C=O) groups excluding carboxylic acids is 1. The van der Waals surface area contributed by atoms with Crippen LogP contribution in [0.2, 0.25) is 0 Å². The number of hydrogen-bond donors (Lipinski definition) is 2. The van der Waals surface area contributed by atoms with Crippen molar-refractivity contribution in [2.45, 2.75) is 25.8 Å². The van der Waals surface area contributed by atoms with E-state index in [1.54, 1.807) is 0 Å². The summed E-state index contributed by atoms with van der Waals surface area (Å²) in [4.78, 5) is 11.6. The third kappa shape index (κ3) is 5.16. The van der Waals surface area contributed by atoms with E-state index < -0.39 is 0 Å². The maximum Gasteiger partial charge on any atom is 0.250 e. The number of amides is 1. The van der Waals surface area contributed by atoms with Gasteiger partial charge >= 0.3 is 0 Å². The number of benzene rings is 1. The molecule has 1 amide bonds. The van der Waals surface area contributed by atoms with Gasteiger partial charge in [0.15, 0.2) is 0 Å². The van der Waals surface area contributed by atoms with Gasteiger partial charge in [-0.15, -0.1) is 0 Å². The van der Waals surface area contributed by atoms with E-state index in [1.165, 1.54) is 0 Å². The van der Waals surface area contributed by atoms with Crippen LogP contribution >= 0.6 is 15.9 Å². The van der Waals surface area contributed by atoms with Crippen molar-refractivity contribution in [2.24, 2.45) is 5.73 Å². The Balaban J connectivity index is 2.37. The van der Waals surface area contributed by atoms with Gasteiger partial charge in [-0.2, -0.15) is 0 Å². The quantitative estimate of drug-likeness (QED) is 0.848. The molecule has 1 aromatic rings. The highest BCUT2D eigenvalue weighted by Gasteiger charge is 2.16. The molecule has 4 nitrogen and oxygen atoms in total. The first-order valence-corrected chi connectivity index (χ1v) is 6.65. The number of hydrogen-bond acceptors (Lipinski definition) is 3. The zero-order valence-electron chi connectivity index (χ0n) is 10.7. The van der Waals surface area contributed by atoms with Crippen LogP contribution in [0.1, 0.15) is 20.3 Å². The summed E-state index contributed by atoms with van der Waals surface area (Å²) in [5, 5.41) is 2.76. The molecular weight excluding hydrogens is 296 g/mol. The van der Waals surface area contributed by atoms with Gasteiger partial charge in [0, 0.05) is 10.0 Å². The Hall–Kier alpha value is -0.910. The number of halogens is 1. The smallest absolute Gasteiger partial charge is 0.250 e. The van der Waals surface area contributed by atoms with Gasteiger partial charge in [0.25, 0.3) is 0 Å². The Morgan fingerprint density at radius 2 is 2.17 bits per heavy atom. The van der Waals surface area contributed by atoms with Crippen molar-refractivity contribution in [3.8, 4) is 0 Å². The van der Waals surface area contributed by atoms with Crippen LogP contribution in [0.5, 0.6) is 0 Å². The molecule has 0 aliphatic rings. The number of rotatable bonds is 6. The Kier molecular flexibility index (Phi) is 5.78. The first-order valence-electron chi connectivity index (χ1n) is 5.85. The van der Waals surface area contributed by atoms with Gasteiger partial charge in [-0.1, -0.05) is 19.1 Å². The van der Waals surface area contributed by atoms with Crippen molar-refractivity contribution in [3.63, 3.8) is 0 Å². The molecule has 5 heteroatoms. The maximum atomic E-state index is 11.6. The zero-order chi connectivity index (χ0) is 13.6. The van der Waals surface area contributed by atoms with Crippen molar-refractivity contribution in [1.29, 1.82) is 0 Å². The number of nitrogens with two attached hydrogens (primary N) is 1. The molecule has 0 spiro atoms. The van der Waals surface area contributed by atoms with Gasteiger partial charge in [-0.05, 0) is 41.4 Å².